The lowest BCUT2D eigenvalue weighted by Gasteiger charge is -2.09. The maximum atomic E-state index is 12.4. The van der Waals surface area contributed by atoms with Crippen molar-refractivity contribution in [1.82, 2.24) is 14.9 Å². The number of amides is 1. The molecule has 1 amide bonds. The van der Waals surface area contributed by atoms with Gasteiger partial charge in [-0.25, -0.2) is 4.98 Å². The zero-order chi connectivity index (χ0) is 20.8. The van der Waals surface area contributed by atoms with Crippen molar-refractivity contribution in [1.29, 1.82) is 0 Å². The number of carbonyl (C=O) groups excluding carboxylic acids is 1. The predicted octanol–water partition coefficient (Wildman–Crippen LogP) is 4.05. The molecule has 3 aromatic rings. The predicted molar refractivity (Wildman–Crippen MR) is 114 cm³/mol. The molecule has 0 aliphatic carbocycles. The van der Waals surface area contributed by atoms with Gasteiger partial charge in [-0.15, -0.1) is 0 Å². The van der Waals surface area contributed by atoms with E-state index >= 15 is 0 Å². The number of benzene rings is 2. The van der Waals surface area contributed by atoms with Crippen molar-refractivity contribution in [3.63, 3.8) is 0 Å². The monoisotopic (exact) mass is 431 g/mol. The highest BCUT2D eigenvalue weighted by Crippen LogP contribution is 2.22. The highest BCUT2D eigenvalue weighted by molar-refractivity contribution is 6.42. The topological polar surface area (TPSA) is 73.2 Å². The van der Waals surface area contributed by atoms with Gasteiger partial charge < -0.3 is 10.1 Å². The van der Waals surface area contributed by atoms with Gasteiger partial charge in [-0.1, -0.05) is 23.2 Å². The SMILES string of the molecule is CCOc1ccc(-c2cc(=O)n(CCNC(=O)c3ccc(Cl)c(Cl)c3)cn2)cc1. The average Bonchev–Trinajstić information content (AvgIpc) is 2.72. The van der Waals surface area contributed by atoms with E-state index in [0.29, 0.717) is 34.5 Å². The largest absolute Gasteiger partial charge is 0.494 e. The summed E-state index contributed by atoms with van der Waals surface area (Å²) < 4.78 is 6.85. The fraction of sp³-hybridized carbons (Fsp3) is 0.190. The Bertz CT molecular complexity index is 1070. The van der Waals surface area contributed by atoms with Gasteiger partial charge in [0.1, 0.15) is 5.75 Å². The van der Waals surface area contributed by atoms with Crippen LogP contribution in [0.2, 0.25) is 10.0 Å². The third kappa shape index (κ3) is 5.37. The summed E-state index contributed by atoms with van der Waals surface area (Å²) in [6, 6.07) is 13.5. The molecule has 6 nitrogen and oxygen atoms in total. The molecule has 0 atom stereocenters. The first-order valence-corrected chi connectivity index (χ1v) is 9.76. The Labute approximate surface area is 178 Å². The molecule has 1 heterocycles. The summed E-state index contributed by atoms with van der Waals surface area (Å²) in [6.07, 6.45) is 1.47. The van der Waals surface area contributed by atoms with Crippen molar-refractivity contribution >= 4 is 29.1 Å². The van der Waals surface area contributed by atoms with Crippen LogP contribution in [0.4, 0.5) is 0 Å². The van der Waals surface area contributed by atoms with Crippen molar-refractivity contribution in [3.05, 3.63) is 80.8 Å². The van der Waals surface area contributed by atoms with E-state index < -0.39 is 0 Å². The minimum Gasteiger partial charge on any atom is -0.494 e. The van der Waals surface area contributed by atoms with Gasteiger partial charge in [0.25, 0.3) is 11.5 Å². The third-order valence-corrected chi connectivity index (χ3v) is 4.90. The molecule has 0 radical (unpaired) electrons. The molecule has 1 aromatic heterocycles. The third-order valence-electron chi connectivity index (χ3n) is 4.16. The molecule has 1 N–H and O–H groups in total. The summed E-state index contributed by atoms with van der Waals surface area (Å²) in [7, 11) is 0. The first-order chi connectivity index (χ1) is 14.0. The van der Waals surface area contributed by atoms with Gasteiger partial charge in [-0.05, 0) is 49.4 Å². The molecule has 150 valence electrons. The highest BCUT2D eigenvalue weighted by Gasteiger charge is 2.08. The maximum absolute atomic E-state index is 12.4. The van der Waals surface area contributed by atoms with E-state index in [2.05, 4.69) is 10.3 Å². The number of ether oxygens (including phenoxy) is 1. The van der Waals surface area contributed by atoms with Gasteiger partial charge in [0.15, 0.2) is 0 Å². The Hall–Kier alpha value is -2.83. The molecule has 0 aliphatic rings. The van der Waals surface area contributed by atoms with Crippen LogP contribution in [0.5, 0.6) is 5.75 Å². The van der Waals surface area contributed by atoms with Crippen molar-refractivity contribution in [2.45, 2.75) is 13.5 Å². The quantitative estimate of drug-likeness (QED) is 0.612. The normalized spacial score (nSPS) is 10.6. The highest BCUT2D eigenvalue weighted by atomic mass is 35.5. The standard InChI is InChI=1S/C21H19Cl2N3O3/c1-2-29-16-6-3-14(4-7-16)19-12-20(27)26(13-25-19)10-9-24-21(28)15-5-8-17(22)18(23)11-15/h3-8,11-13H,2,9-10H2,1H3,(H,24,28). The second kappa shape index (κ2) is 9.58. The average molecular weight is 432 g/mol. The summed E-state index contributed by atoms with van der Waals surface area (Å²) in [6.45, 7) is 3.07. The second-order valence-electron chi connectivity index (χ2n) is 6.15. The first kappa shape index (κ1) is 20.9. The molecule has 29 heavy (non-hydrogen) atoms. The van der Waals surface area contributed by atoms with Gasteiger partial charge in [-0.2, -0.15) is 0 Å². The Kier molecular flexibility index (Phi) is 6.90. The molecule has 0 saturated heterocycles. The van der Waals surface area contributed by atoms with Gasteiger partial charge in [0.2, 0.25) is 0 Å². The van der Waals surface area contributed by atoms with E-state index in [4.69, 9.17) is 27.9 Å². The Morgan fingerprint density at radius 1 is 1.10 bits per heavy atom. The van der Waals surface area contributed by atoms with Crippen molar-refractivity contribution < 1.29 is 9.53 Å². The van der Waals surface area contributed by atoms with Gasteiger partial charge in [0.05, 0.1) is 28.7 Å². The van der Waals surface area contributed by atoms with E-state index in [-0.39, 0.29) is 18.0 Å². The first-order valence-electron chi connectivity index (χ1n) is 9.01. The number of carbonyl (C=O) groups is 1. The summed E-state index contributed by atoms with van der Waals surface area (Å²) in [5.74, 6) is 0.470. The molecular weight excluding hydrogens is 413 g/mol. The van der Waals surface area contributed by atoms with Crippen molar-refractivity contribution in [3.8, 4) is 17.0 Å². The fourth-order valence-electron chi connectivity index (χ4n) is 2.67. The van der Waals surface area contributed by atoms with Gasteiger partial charge >= 0.3 is 0 Å². The molecule has 0 bridgehead atoms. The number of hydrogen-bond acceptors (Lipinski definition) is 4. The fourth-order valence-corrected chi connectivity index (χ4v) is 2.97. The van der Waals surface area contributed by atoms with Crippen LogP contribution in [0.3, 0.4) is 0 Å². The molecule has 0 saturated carbocycles. The lowest BCUT2D eigenvalue weighted by molar-refractivity contribution is 0.0952. The summed E-state index contributed by atoms with van der Waals surface area (Å²) in [4.78, 5) is 28.9. The van der Waals surface area contributed by atoms with E-state index in [1.165, 1.54) is 23.0 Å². The lowest BCUT2D eigenvalue weighted by atomic mass is 10.1. The molecule has 0 spiro atoms. The van der Waals surface area contributed by atoms with E-state index in [0.717, 1.165) is 11.3 Å². The molecule has 8 heteroatoms. The molecular formula is C21H19Cl2N3O3. The van der Waals surface area contributed by atoms with Crippen LogP contribution in [-0.2, 0) is 6.54 Å². The summed E-state index contributed by atoms with van der Waals surface area (Å²) in [5, 5.41) is 3.44. The minimum absolute atomic E-state index is 0.201. The lowest BCUT2D eigenvalue weighted by Crippen LogP contribution is -2.30. The Morgan fingerprint density at radius 2 is 1.86 bits per heavy atom. The Balaban J connectivity index is 1.61. The van der Waals surface area contributed by atoms with Crippen LogP contribution < -0.4 is 15.6 Å². The van der Waals surface area contributed by atoms with Crippen LogP contribution in [0.1, 0.15) is 17.3 Å². The molecule has 0 fully saturated rings. The zero-order valence-electron chi connectivity index (χ0n) is 15.7. The van der Waals surface area contributed by atoms with Crippen LogP contribution in [0.15, 0.2) is 59.7 Å². The molecule has 3 rings (SSSR count). The number of halogens is 2. The van der Waals surface area contributed by atoms with Crippen LogP contribution in [0.25, 0.3) is 11.3 Å². The van der Waals surface area contributed by atoms with Crippen LogP contribution in [0, 0.1) is 0 Å². The van der Waals surface area contributed by atoms with E-state index in [1.54, 1.807) is 12.1 Å². The van der Waals surface area contributed by atoms with Gasteiger partial charge in [-0.3, -0.25) is 14.2 Å². The van der Waals surface area contributed by atoms with Crippen molar-refractivity contribution in [2.24, 2.45) is 0 Å². The molecule has 2 aromatic carbocycles. The Morgan fingerprint density at radius 3 is 2.52 bits per heavy atom. The second-order valence-corrected chi connectivity index (χ2v) is 6.96. The van der Waals surface area contributed by atoms with Crippen LogP contribution in [-0.4, -0.2) is 28.6 Å². The van der Waals surface area contributed by atoms with E-state index in [9.17, 15) is 9.59 Å². The number of rotatable bonds is 7. The number of hydrogen-bond donors (Lipinski definition) is 1. The van der Waals surface area contributed by atoms with Gasteiger partial charge in [0, 0.05) is 30.3 Å². The smallest absolute Gasteiger partial charge is 0.253 e. The summed E-state index contributed by atoms with van der Waals surface area (Å²) >= 11 is 11.8. The van der Waals surface area contributed by atoms with Crippen molar-refractivity contribution in [2.75, 3.05) is 13.2 Å². The molecule has 0 aliphatic heterocycles. The molecule has 0 unspecified atom stereocenters. The number of nitrogens with zero attached hydrogens (tertiary/aromatic N) is 2. The van der Waals surface area contributed by atoms with E-state index in [1.807, 2.05) is 31.2 Å². The maximum Gasteiger partial charge on any atom is 0.253 e. The minimum atomic E-state index is -0.296. The summed E-state index contributed by atoms with van der Waals surface area (Å²) in [5.41, 5.74) is 1.60. The number of nitrogens with one attached hydrogen (secondary N) is 1. The zero-order valence-corrected chi connectivity index (χ0v) is 17.2. The van der Waals surface area contributed by atoms with Crippen LogP contribution >= 0.6 is 23.2 Å². The number of aromatic nitrogens is 2.